The molecule has 0 fully saturated rings. The summed E-state index contributed by atoms with van der Waals surface area (Å²) in [5, 5.41) is 5.33. The highest BCUT2D eigenvalue weighted by Gasteiger charge is 2.25. The second-order valence-electron chi connectivity index (χ2n) is 4.36. The number of carbonyl (C=O) groups excluding carboxylic acids is 2. The van der Waals surface area contributed by atoms with Crippen LogP contribution in [0.15, 0.2) is 30.7 Å². The van der Waals surface area contributed by atoms with Gasteiger partial charge in [0.1, 0.15) is 0 Å². The number of hydrogen-bond donors (Lipinski definition) is 3. The lowest BCUT2D eigenvalue weighted by atomic mass is 10.0. The fourth-order valence-electron chi connectivity index (χ4n) is 2.12. The minimum absolute atomic E-state index is 0.187. The zero-order valence-electron chi connectivity index (χ0n) is 10.7. The third kappa shape index (κ3) is 1.97. The predicted molar refractivity (Wildman–Crippen MR) is 74.9 cm³/mol. The largest absolute Gasteiger partial charge is 0.355 e. The van der Waals surface area contributed by atoms with Gasteiger partial charge in [0, 0.05) is 23.9 Å². The highest BCUT2D eigenvalue weighted by molar-refractivity contribution is 6.35. The van der Waals surface area contributed by atoms with E-state index >= 15 is 0 Å². The molecule has 100 valence electrons. The minimum Gasteiger partial charge on any atom is -0.355 e. The van der Waals surface area contributed by atoms with Gasteiger partial charge in [0.15, 0.2) is 0 Å². The van der Waals surface area contributed by atoms with E-state index in [1.165, 1.54) is 0 Å². The number of aromatic amines is 1. The smallest absolute Gasteiger partial charge is 0.256 e. The van der Waals surface area contributed by atoms with Crippen molar-refractivity contribution >= 4 is 29.2 Å². The van der Waals surface area contributed by atoms with Crippen LogP contribution in [0.1, 0.15) is 21.6 Å². The molecule has 0 saturated carbocycles. The molecule has 1 aliphatic heterocycles. The van der Waals surface area contributed by atoms with Crippen LogP contribution in [0.3, 0.4) is 0 Å². The Balaban J connectivity index is 2.08. The van der Waals surface area contributed by atoms with Crippen LogP contribution in [-0.2, 0) is 4.79 Å². The molecule has 1 aromatic heterocycles. The highest BCUT2D eigenvalue weighted by Crippen LogP contribution is 2.33. The number of amides is 2. The van der Waals surface area contributed by atoms with Crippen LogP contribution >= 0.6 is 0 Å². The van der Waals surface area contributed by atoms with Gasteiger partial charge in [0.2, 0.25) is 0 Å². The molecule has 0 aliphatic carbocycles. The fourth-order valence-corrected chi connectivity index (χ4v) is 2.12. The Hall–Kier alpha value is -2.89. The maximum absolute atomic E-state index is 12.0. The number of fused-ring (bicyclic) bond motifs is 1. The average Bonchev–Trinajstić information content (AvgIpc) is 3.07. The third-order valence-electron chi connectivity index (χ3n) is 3.11. The first kappa shape index (κ1) is 12.2. The second-order valence-corrected chi connectivity index (χ2v) is 4.36. The van der Waals surface area contributed by atoms with Gasteiger partial charge >= 0.3 is 0 Å². The van der Waals surface area contributed by atoms with Gasteiger partial charge in [-0.3, -0.25) is 9.59 Å². The number of H-pyrrole nitrogens is 1. The summed E-state index contributed by atoms with van der Waals surface area (Å²) in [6, 6.07) is 5.11. The van der Waals surface area contributed by atoms with Gasteiger partial charge in [-0.1, -0.05) is 0 Å². The molecule has 0 spiro atoms. The van der Waals surface area contributed by atoms with Crippen molar-refractivity contribution in [3.8, 4) is 0 Å². The predicted octanol–water partition coefficient (Wildman–Crippen LogP) is 1.26. The highest BCUT2D eigenvalue weighted by atomic mass is 16.2. The van der Waals surface area contributed by atoms with E-state index in [1.54, 1.807) is 43.8 Å². The van der Waals surface area contributed by atoms with Crippen molar-refractivity contribution in [2.75, 3.05) is 12.4 Å². The Morgan fingerprint density at radius 3 is 2.95 bits per heavy atom. The lowest BCUT2D eigenvalue weighted by Gasteiger charge is -2.03. The summed E-state index contributed by atoms with van der Waals surface area (Å²) in [4.78, 5) is 30.5. The first-order chi connectivity index (χ1) is 9.69. The number of carbonyl (C=O) groups is 2. The summed E-state index contributed by atoms with van der Waals surface area (Å²) in [5.74, 6) is -0.378. The first-order valence-corrected chi connectivity index (χ1v) is 6.07. The molecular formula is C14H12N4O2. The molecule has 2 amide bonds. The van der Waals surface area contributed by atoms with Crippen molar-refractivity contribution in [3.05, 3.63) is 47.5 Å². The summed E-state index contributed by atoms with van der Waals surface area (Å²) in [5.41, 5.74) is 3.17. The summed E-state index contributed by atoms with van der Waals surface area (Å²) in [6.07, 6.45) is 4.88. The Labute approximate surface area is 114 Å². The zero-order chi connectivity index (χ0) is 14.1. The SMILES string of the molecule is CNC(=O)c1ccc2c(c1)/C(=C/c1cnc[nH]1)C(=O)N2. The molecule has 0 unspecified atom stereocenters. The van der Waals surface area contributed by atoms with E-state index < -0.39 is 0 Å². The van der Waals surface area contributed by atoms with Crippen LogP contribution < -0.4 is 10.6 Å². The summed E-state index contributed by atoms with van der Waals surface area (Å²) < 4.78 is 0. The second kappa shape index (κ2) is 4.65. The average molecular weight is 268 g/mol. The van der Waals surface area contributed by atoms with Crippen molar-refractivity contribution in [3.63, 3.8) is 0 Å². The van der Waals surface area contributed by atoms with Crippen molar-refractivity contribution in [1.29, 1.82) is 0 Å². The van der Waals surface area contributed by atoms with Gasteiger partial charge in [0.05, 0.1) is 23.8 Å². The number of benzene rings is 1. The van der Waals surface area contributed by atoms with Crippen LogP contribution in [0.2, 0.25) is 0 Å². The number of anilines is 1. The minimum atomic E-state index is -0.191. The van der Waals surface area contributed by atoms with Gasteiger partial charge in [-0.15, -0.1) is 0 Å². The Bertz CT molecular complexity index is 717. The van der Waals surface area contributed by atoms with Gasteiger partial charge in [-0.05, 0) is 24.3 Å². The van der Waals surface area contributed by atoms with E-state index in [0.29, 0.717) is 22.4 Å². The Morgan fingerprint density at radius 1 is 1.40 bits per heavy atom. The molecule has 0 saturated heterocycles. The van der Waals surface area contributed by atoms with Crippen LogP contribution in [0, 0.1) is 0 Å². The normalized spacial score (nSPS) is 15.1. The van der Waals surface area contributed by atoms with E-state index in [0.717, 1.165) is 5.69 Å². The number of hydrogen-bond acceptors (Lipinski definition) is 3. The Morgan fingerprint density at radius 2 is 2.25 bits per heavy atom. The number of aromatic nitrogens is 2. The van der Waals surface area contributed by atoms with Crippen molar-refractivity contribution in [1.82, 2.24) is 15.3 Å². The van der Waals surface area contributed by atoms with Gasteiger partial charge in [-0.2, -0.15) is 0 Å². The summed E-state index contributed by atoms with van der Waals surface area (Å²) in [7, 11) is 1.57. The van der Waals surface area contributed by atoms with Crippen LogP contribution in [-0.4, -0.2) is 28.8 Å². The molecule has 2 aromatic rings. The van der Waals surface area contributed by atoms with E-state index in [4.69, 9.17) is 0 Å². The van der Waals surface area contributed by atoms with Crippen LogP contribution in [0.25, 0.3) is 11.6 Å². The quantitative estimate of drug-likeness (QED) is 0.717. The third-order valence-corrected chi connectivity index (χ3v) is 3.11. The van der Waals surface area contributed by atoms with Crippen molar-refractivity contribution < 1.29 is 9.59 Å². The van der Waals surface area contributed by atoms with E-state index in [-0.39, 0.29) is 11.8 Å². The maximum atomic E-state index is 12.0. The van der Waals surface area contributed by atoms with Gasteiger partial charge < -0.3 is 15.6 Å². The molecule has 3 N–H and O–H groups in total. The molecule has 1 aromatic carbocycles. The van der Waals surface area contributed by atoms with Crippen molar-refractivity contribution in [2.24, 2.45) is 0 Å². The van der Waals surface area contributed by atoms with Gasteiger partial charge in [-0.25, -0.2) is 4.98 Å². The molecule has 2 heterocycles. The fraction of sp³-hybridized carbons (Fsp3) is 0.0714. The van der Waals surface area contributed by atoms with E-state index in [2.05, 4.69) is 20.6 Å². The molecule has 1 aliphatic rings. The van der Waals surface area contributed by atoms with E-state index in [1.807, 2.05) is 0 Å². The lowest BCUT2D eigenvalue weighted by Crippen LogP contribution is -2.17. The maximum Gasteiger partial charge on any atom is 0.256 e. The van der Waals surface area contributed by atoms with E-state index in [9.17, 15) is 9.59 Å². The molecule has 0 bridgehead atoms. The number of nitrogens with zero attached hydrogens (tertiary/aromatic N) is 1. The first-order valence-electron chi connectivity index (χ1n) is 6.07. The molecule has 20 heavy (non-hydrogen) atoms. The van der Waals surface area contributed by atoms with Crippen LogP contribution in [0.5, 0.6) is 0 Å². The monoisotopic (exact) mass is 268 g/mol. The lowest BCUT2D eigenvalue weighted by molar-refractivity contribution is -0.110. The molecule has 0 atom stereocenters. The summed E-state index contributed by atoms with van der Waals surface area (Å²) in [6.45, 7) is 0. The van der Waals surface area contributed by atoms with Crippen LogP contribution in [0.4, 0.5) is 5.69 Å². The zero-order valence-corrected chi connectivity index (χ0v) is 10.7. The molecule has 3 rings (SSSR count). The number of nitrogens with one attached hydrogen (secondary N) is 3. The van der Waals surface area contributed by atoms with Crippen molar-refractivity contribution in [2.45, 2.75) is 0 Å². The topological polar surface area (TPSA) is 86.9 Å². The molecular weight excluding hydrogens is 256 g/mol. The molecule has 6 nitrogen and oxygen atoms in total. The number of imidazole rings is 1. The standard InChI is InChI=1S/C14H12N4O2/c1-15-13(19)8-2-3-12-10(4-8)11(14(20)18-12)5-9-6-16-7-17-9/h2-7H,1H3,(H,15,19)(H,16,17)(H,18,20)/b11-5-. The number of rotatable bonds is 2. The summed E-state index contributed by atoms with van der Waals surface area (Å²) >= 11 is 0. The molecule has 6 heteroatoms. The Kier molecular flexibility index (Phi) is 2.83. The molecule has 0 radical (unpaired) electrons. The van der Waals surface area contributed by atoms with Gasteiger partial charge in [0.25, 0.3) is 11.8 Å².